The van der Waals surface area contributed by atoms with Crippen LogP contribution in [-0.2, 0) is 12.7 Å². The fraction of sp³-hybridized carbons (Fsp3) is 0.143. The number of hydrogen-bond donors (Lipinski definition) is 1. The molecule has 0 aromatic heterocycles. The molecule has 1 N–H and O–H groups in total. The second-order valence-electron chi connectivity index (χ2n) is 4.34. The molecule has 1 aliphatic rings. The summed E-state index contributed by atoms with van der Waals surface area (Å²) in [5.74, 6) is 0. The second kappa shape index (κ2) is 5.91. The van der Waals surface area contributed by atoms with E-state index in [0.717, 1.165) is 15.0 Å². The smallest absolute Gasteiger partial charge is 0.0427 e. The topological polar surface area (TPSA) is 15.3 Å². The first-order valence-corrected chi connectivity index (χ1v) is 9.37. The van der Waals surface area contributed by atoms with Gasteiger partial charge in [0.2, 0.25) is 0 Å². The molecule has 2 unspecified atom stereocenters. The van der Waals surface area contributed by atoms with Crippen molar-refractivity contribution in [2.24, 2.45) is 0 Å². The van der Waals surface area contributed by atoms with Gasteiger partial charge in [-0.1, -0.05) is 60.7 Å². The molecule has 1 saturated heterocycles. The van der Waals surface area contributed by atoms with Crippen molar-refractivity contribution in [2.45, 2.75) is 12.7 Å². The highest BCUT2D eigenvalue weighted by atomic mass is 32.1. The molecule has 3 rings (SSSR count). The van der Waals surface area contributed by atoms with Crippen LogP contribution in [0.15, 0.2) is 60.7 Å². The van der Waals surface area contributed by atoms with Gasteiger partial charge in [-0.05, 0) is 11.1 Å². The summed E-state index contributed by atoms with van der Waals surface area (Å²) in [6.07, 6.45) is 1.19. The highest BCUT2D eigenvalue weighted by molar-refractivity contribution is 8.21. The molecule has 2 atom stereocenters. The summed E-state index contributed by atoms with van der Waals surface area (Å²) in [5.41, 5.74) is 2.83. The van der Waals surface area contributed by atoms with Gasteiger partial charge in [0, 0.05) is 28.9 Å². The van der Waals surface area contributed by atoms with Crippen molar-refractivity contribution in [3.8, 4) is 0 Å². The van der Waals surface area contributed by atoms with Gasteiger partial charge in [-0.25, -0.2) is 9.98 Å². The molecule has 2 aromatic carbocycles. The predicted molar refractivity (Wildman–Crippen MR) is 80.5 cm³/mol. The van der Waals surface area contributed by atoms with Gasteiger partial charge in [-0.3, -0.25) is 0 Å². The lowest BCUT2D eigenvalue weighted by Gasteiger charge is -2.40. The summed E-state index contributed by atoms with van der Waals surface area (Å²) in [7, 11) is 0.935. The van der Waals surface area contributed by atoms with Crippen LogP contribution in [-0.4, -0.2) is 4.78 Å². The van der Waals surface area contributed by atoms with Gasteiger partial charge >= 0.3 is 0 Å². The van der Waals surface area contributed by atoms with Crippen molar-refractivity contribution in [3.05, 3.63) is 71.8 Å². The van der Waals surface area contributed by atoms with E-state index in [0.29, 0.717) is 0 Å². The standard InChI is InChI=1S/C14H16N2P2/c1-3-7-13(8-4-1)11-16-15-18(17-16)12-14-9-5-2-6-10-14/h1-10,15,17H,11-12H2. The summed E-state index contributed by atoms with van der Waals surface area (Å²) in [6, 6.07) is 21.4. The van der Waals surface area contributed by atoms with Crippen molar-refractivity contribution >= 4 is 16.2 Å². The van der Waals surface area contributed by atoms with E-state index in [1.54, 1.807) is 0 Å². The van der Waals surface area contributed by atoms with E-state index >= 15 is 0 Å². The number of hydrogen-bond acceptors (Lipinski definition) is 2. The average molecular weight is 274 g/mol. The molecule has 1 fully saturated rings. The first-order valence-electron chi connectivity index (χ1n) is 6.06. The zero-order chi connectivity index (χ0) is 12.2. The Morgan fingerprint density at radius 3 is 2.06 bits per heavy atom. The molecule has 0 amide bonds. The normalized spacial score (nSPS) is 20.8. The largest absolute Gasteiger partial charge is 0.223 e. The van der Waals surface area contributed by atoms with Crippen LogP contribution in [0.25, 0.3) is 0 Å². The Bertz CT molecular complexity index is 438. The fourth-order valence-corrected chi connectivity index (χ4v) is 6.01. The van der Waals surface area contributed by atoms with Gasteiger partial charge in [0.05, 0.1) is 0 Å². The molecule has 0 saturated carbocycles. The molecule has 92 valence electrons. The molecule has 0 spiro atoms. The summed E-state index contributed by atoms with van der Waals surface area (Å²) < 4.78 is 2.34. The molecule has 2 aromatic rings. The van der Waals surface area contributed by atoms with Crippen LogP contribution in [0.2, 0.25) is 0 Å². The minimum atomic E-state index is -0.00588. The minimum absolute atomic E-state index is 0.00588. The van der Waals surface area contributed by atoms with Crippen molar-refractivity contribution in [2.75, 3.05) is 0 Å². The third-order valence-corrected chi connectivity index (χ3v) is 7.18. The Kier molecular flexibility index (Phi) is 4.02. The zero-order valence-corrected chi connectivity index (χ0v) is 12.0. The van der Waals surface area contributed by atoms with E-state index < -0.39 is 0 Å². The Balaban J connectivity index is 1.46. The Hall–Kier alpha value is -0.780. The fourth-order valence-electron chi connectivity index (χ4n) is 1.96. The van der Waals surface area contributed by atoms with Crippen LogP contribution >= 0.6 is 16.2 Å². The van der Waals surface area contributed by atoms with Gasteiger partial charge in [0.1, 0.15) is 0 Å². The van der Waals surface area contributed by atoms with Crippen molar-refractivity contribution in [1.82, 2.24) is 9.98 Å². The van der Waals surface area contributed by atoms with E-state index in [2.05, 4.69) is 70.6 Å². The molecule has 2 nitrogen and oxygen atoms in total. The van der Waals surface area contributed by atoms with Crippen LogP contribution in [0.3, 0.4) is 0 Å². The number of rotatable bonds is 4. The molecule has 0 bridgehead atoms. The molecular formula is C14H16N2P2. The Labute approximate surface area is 111 Å². The van der Waals surface area contributed by atoms with Gasteiger partial charge in [0.25, 0.3) is 0 Å². The van der Waals surface area contributed by atoms with E-state index in [1.165, 1.54) is 17.3 Å². The third-order valence-electron chi connectivity index (χ3n) is 2.85. The number of hydrazine groups is 1. The SMILES string of the molecule is c1ccc(CN2NP(Cc3ccccc3)P2)cc1. The highest BCUT2D eigenvalue weighted by Gasteiger charge is 2.25. The lowest BCUT2D eigenvalue weighted by Crippen LogP contribution is -2.33. The molecule has 0 aliphatic carbocycles. The summed E-state index contributed by atoms with van der Waals surface area (Å²) >= 11 is 0. The third kappa shape index (κ3) is 3.16. The number of benzene rings is 2. The summed E-state index contributed by atoms with van der Waals surface area (Å²) in [5, 5.41) is 3.59. The molecule has 1 heterocycles. The highest BCUT2D eigenvalue weighted by Crippen LogP contribution is 2.64. The molecule has 4 heteroatoms. The lowest BCUT2D eigenvalue weighted by atomic mass is 10.2. The van der Waals surface area contributed by atoms with Crippen LogP contribution in [0.4, 0.5) is 0 Å². The first kappa shape index (κ1) is 12.3. The minimum Gasteiger partial charge on any atom is -0.223 e. The van der Waals surface area contributed by atoms with E-state index in [-0.39, 0.29) is 7.76 Å². The van der Waals surface area contributed by atoms with Crippen LogP contribution < -0.4 is 5.20 Å². The van der Waals surface area contributed by atoms with Crippen LogP contribution in [0.5, 0.6) is 0 Å². The van der Waals surface area contributed by atoms with Gasteiger partial charge < -0.3 is 0 Å². The quantitative estimate of drug-likeness (QED) is 0.844. The molecular weight excluding hydrogens is 258 g/mol. The van der Waals surface area contributed by atoms with Gasteiger partial charge in [-0.2, -0.15) is 0 Å². The maximum atomic E-state index is 3.59. The maximum Gasteiger partial charge on any atom is 0.0427 e. The summed E-state index contributed by atoms with van der Waals surface area (Å²) in [6.45, 7) is 1.02. The Morgan fingerprint density at radius 1 is 0.889 bits per heavy atom. The van der Waals surface area contributed by atoms with Crippen molar-refractivity contribution in [3.63, 3.8) is 0 Å². The molecule has 18 heavy (non-hydrogen) atoms. The first-order chi connectivity index (χ1) is 8.90. The van der Waals surface area contributed by atoms with E-state index in [9.17, 15) is 0 Å². The maximum absolute atomic E-state index is 3.59. The number of nitrogens with one attached hydrogen (secondary N) is 1. The Morgan fingerprint density at radius 2 is 1.44 bits per heavy atom. The predicted octanol–water partition coefficient (Wildman–Crippen LogP) is 4.11. The van der Waals surface area contributed by atoms with E-state index in [4.69, 9.17) is 0 Å². The monoisotopic (exact) mass is 274 g/mol. The number of nitrogens with zero attached hydrogens (tertiary/aromatic N) is 1. The van der Waals surface area contributed by atoms with Crippen molar-refractivity contribution in [1.29, 1.82) is 0 Å². The van der Waals surface area contributed by atoms with Crippen molar-refractivity contribution < 1.29 is 0 Å². The zero-order valence-electron chi connectivity index (χ0n) is 10.1. The average Bonchev–Trinajstić information content (AvgIpc) is 2.39. The summed E-state index contributed by atoms with van der Waals surface area (Å²) in [4.78, 5) is 0. The van der Waals surface area contributed by atoms with E-state index in [1.807, 2.05) is 0 Å². The van der Waals surface area contributed by atoms with Crippen LogP contribution in [0, 0.1) is 0 Å². The molecule has 0 radical (unpaired) electrons. The van der Waals surface area contributed by atoms with Gasteiger partial charge in [0.15, 0.2) is 0 Å². The lowest BCUT2D eigenvalue weighted by molar-refractivity contribution is 0.420. The second-order valence-corrected chi connectivity index (χ2v) is 8.68. The van der Waals surface area contributed by atoms with Gasteiger partial charge in [-0.15, -0.1) is 0 Å². The molecule has 1 aliphatic heterocycles. The van der Waals surface area contributed by atoms with Crippen LogP contribution in [0.1, 0.15) is 11.1 Å².